The van der Waals surface area contributed by atoms with Gasteiger partial charge in [-0.2, -0.15) is 5.26 Å². The Balaban J connectivity index is 3.15. The number of phenols is 1. The number of phenolic OH excluding ortho intramolecular Hbond substituents is 1. The van der Waals surface area contributed by atoms with E-state index in [2.05, 4.69) is 0 Å². The number of rotatable bonds is 1. The van der Waals surface area contributed by atoms with Gasteiger partial charge in [0.2, 0.25) is 0 Å². The van der Waals surface area contributed by atoms with Crippen molar-refractivity contribution in [2.24, 2.45) is 0 Å². The number of aromatic hydroxyl groups is 1. The van der Waals surface area contributed by atoms with Gasteiger partial charge in [0.05, 0.1) is 6.07 Å². The third-order valence-corrected chi connectivity index (χ3v) is 1.86. The molecule has 66 valence electrons. The van der Waals surface area contributed by atoms with Crippen LogP contribution in [0.25, 0.3) is 6.08 Å². The lowest BCUT2D eigenvalue weighted by Gasteiger charge is -2.03. The summed E-state index contributed by atoms with van der Waals surface area (Å²) in [4.78, 5) is 0. The number of nitriles is 1. The summed E-state index contributed by atoms with van der Waals surface area (Å²) in [5.74, 6) is 0.328. The summed E-state index contributed by atoms with van der Waals surface area (Å²) in [5.41, 5.74) is 2.60. The van der Waals surface area contributed by atoms with Crippen molar-refractivity contribution >= 4 is 6.08 Å². The number of aryl methyl sites for hydroxylation is 2. The molecular formula is C11H11NO. The Morgan fingerprint density at radius 2 is 1.85 bits per heavy atom. The van der Waals surface area contributed by atoms with E-state index in [9.17, 15) is 5.11 Å². The van der Waals surface area contributed by atoms with Crippen LogP contribution in [-0.4, -0.2) is 5.11 Å². The molecule has 1 aromatic carbocycles. The summed E-state index contributed by atoms with van der Waals surface area (Å²) in [7, 11) is 0. The second kappa shape index (κ2) is 3.77. The minimum absolute atomic E-state index is 0.328. The number of nitrogens with zero attached hydrogens (tertiary/aromatic N) is 1. The molecule has 0 aliphatic heterocycles. The lowest BCUT2D eigenvalue weighted by atomic mass is 10.1. The maximum absolute atomic E-state index is 9.47. The Bertz CT molecular complexity index is 363. The molecule has 1 N–H and O–H groups in total. The first-order valence-corrected chi connectivity index (χ1v) is 4.01. The summed E-state index contributed by atoms with van der Waals surface area (Å²) in [6.07, 6.45) is 3.14. The minimum Gasteiger partial charge on any atom is -0.507 e. The fraction of sp³-hybridized carbons (Fsp3) is 0.182. The molecule has 0 saturated carbocycles. The topological polar surface area (TPSA) is 44.0 Å². The van der Waals surface area contributed by atoms with Crippen LogP contribution in [0.1, 0.15) is 16.7 Å². The lowest BCUT2D eigenvalue weighted by molar-refractivity contribution is 0.467. The highest BCUT2D eigenvalue weighted by Crippen LogP contribution is 2.23. The van der Waals surface area contributed by atoms with Crippen molar-refractivity contribution in [2.45, 2.75) is 13.8 Å². The monoisotopic (exact) mass is 173 g/mol. The van der Waals surface area contributed by atoms with Crippen molar-refractivity contribution in [3.8, 4) is 11.8 Å². The van der Waals surface area contributed by atoms with Crippen molar-refractivity contribution < 1.29 is 5.11 Å². The molecule has 1 rings (SSSR count). The first-order chi connectivity index (χ1) is 6.15. The van der Waals surface area contributed by atoms with Crippen LogP contribution >= 0.6 is 0 Å². The number of benzene rings is 1. The summed E-state index contributed by atoms with van der Waals surface area (Å²) >= 11 is 0. The van der Waals surface area contributed by atoms with Crippen molar-refractivity contribution in [3.05, 3.63) is 34.9 Å². The van der Waals surface area contributed by atoms with Gasteiger partial charge in [0.25, 0.3) is 0 Å². The quantitative estimate of drug-likeness (QED) is 0.663. The average molecular weight is 173 g/mol. The highest BCUT2D eigenvalue weighted by Gasteiger charge is 2.00. The first kappa shape index (κ1) is 9.34. The van der Waals surface area contributed by atoms with Crippen molar-refractivity contribution in [1.82, 2.24) is 0 Å². The summed E-state index contributed by atoms with van der Waals surface area (Å²) in [6.45, 7) is 3.68. The standard InChI is InChI=1S/C11H11NO/c1-8-6-10(4-3-5-12)7-9(2)11(8)13/h3-4,6-7,13H,1-2H3. The molecule has 0 radical (unpaired) electrons. The van der Waals surface area contributed by atoms with Gasteiger partial charge in [-0.15, -0.1) is 0 Å². The highest BCUT2D eigenvalue weighted by molar-refractivity contribution is 5.57. The maximum Gasteiger partial charge on any atom is 0.121 e. The van der Waals surface area contributed by atoms with Crippen molar-refractivity contribution in [3.63, 3.8) is 0 Å². The Morgan fingerprint density at radius 3 is 2.31 bits per heavy atom. The van der Waals surface area contributed by atoms with E-state index in [1.54, 1.807) is 6.08 Å². The molecule has 0 aliphatic rings. The molecule has 13 heavy (non-hydrogen) atoms. The molecule has 0 aromatic heterocycles. The Morgan fingerprint density at radius 1 is 1.31 bits per heavy atom. The molecular weight excluding hydrogens is 162 g/mol. The van der Waals surface area contributed by atoms with Crippen LogP contribution in [0.2, 0.25) is 0 Å². The van der Waals surface area contributed by atoms with Gasteiger partial charge in [-0.1, -0.05) is 0 Å². The van der Waals surface area contributed by atoms with Crippen LogP contribution in [0.5, 0.6) is 5.75 Å². The molecule has 1 aromatic rings. The summed E-state index contributed by atoms with van der Waals surface area (Å²) in [6, 6.07) is 5.61. The van der Waals surface area contributed by atoms with E-state index in [1.807, 2.05) is 32.0 Å². The molecule has 0 spiro atoms. The van der Waals surface area contributed by atoms with E-state index >= 15 is 0 Å². The van der Waals surface area contributed by atoms with E-state index < -0.39 is 0 Å². The van der Waals surface area contributed by atoms with Gasteiger partial charge in [0.15, 0.2) is 0 Å². The van der Waals surface area contributed by atoms with Crippen LogP contribution in [0.3, 0.4) is 0 Å². The second-order valence-corrected chi connectivity index (χ2v) is 2.97. The minimum atomic E-state index is 0.328. The molecule has 0 heterocycles. The number of hydrogen-bond acceptors (Lipinski definition) is 2. The van der Waals surface area contributed by atoms with Crippen molar-refractivity contribution in [1.29, 1.82) is 5.26 Å². The van der Waals surface area contributed by atoms with E-state index in [0.29, 0.717) is 5.75 Å². The zero-order valence-electron chi connectivity index (χ0n) is 7.70. The predicted octanol–water partition coefficient (Wildman–Crippen LogP) is 2.55. The fourth-order valence-electron chi connectivity index (χ4n) is 1.22. The van der Waals surface area contributed by atoms with Gasteiger partial charge in [-0.3, -0.25) is 0 Å². The molecule has 0 unspecified atom stereocenters. The second-order valence-electron chi connectivity index (χ2n) is 2.97. The third-order valence-electron chi connectivity index (χ3n) is 1.86. The smallest absolute Gasteiger partial charge is 0.121 e. The molecule has 0 aliphatic carbocycles. The molecule has 2 nitrogen and oxygen atoms in total. The predicted molar refractivity (Wildman–Crippen MR) is 52.2 cm³/mol. The maximum atomic E-state index is 9.47. The zero-order chi connectivity index (χ0) is 9.84. The largest absolute Gasteiger partial charge is 0.507 e. The number of hydrogen-bond donors (Lipinski definition) is 1. The average Bonchev–Trinajstić information content (AvgIpc) is 2.10. The normalized spacial score (nSPS) is 10.2. The van der Waals surface area contributed by atoms with Gasteiger partial charge in [0, 0.05) is 6.08 Å². The van der Waals surface area contributed by atoms with Gasteiger partial charge in [-0.25, -0.2) is 0 Å². The zero-order valence-corrected chi connectivity index (χ0v) is 7.70. The van der Waals surface area contributed by atoms with Crippen LogP contribution in [0.4, 0.5) is 0 Å². The van der Waals surface area contributed by atoms with E-state index in [4.69, 9.17) is 5.26 Å². The highest BCUT2D eigenvalue weighted by atomic mass is 16.3. The van der Waals surface area contributed by atoms with Gasteiger partial charge < -0.3 is 5.11 Å². The van der Waals surface area contributed by atoms with Crippen LogP contribution in [-0.2, 0) is 0 Å². The van der Waals surface area contributed by atoms with Gasteiger partial charge in [0.1, 0.15) is 5.75 Å². The summed E-state index contributed by atoms with van der Waals surface area (Å²) in [5, 5.41) is 17.8. The van der Waals surface area contributed by atoms with Crippen LogP contribution < -0.4 is 0 Å². The van der Waals surface area contributed by atoms with Crippen LogP contribution in [0, 0.1) is 25.2 Å². The Hall–Kier alpha value is -1.75. The SMILES string of the molecule is Cc1cc(C=CC#N)cc(C)c1O. The fourth-order valence-corrected chi connectivity index (χ4v) is 1.22. The molecule has 0 fully saturated rings. The third kappa shape index (κ3) is 2.09. The molecule has 0 amide bonds. The van der Waals surface area contributed by atoms with E-state index in [1.165, 1.54) is 6.08 Å². The molecule has 0 atom stereocenters. The Kier molecular flexibility index (Phi) is 2.71. The van der Waals surface area contributed by atoms with Crippen LogP contribution in [0.15, 0.2) is 18.2 Å². The number of allylic oxidation sites excluding steroid dienone is 1. The molecule has 0 saturated heterocycles. The molecule has 2 heteroatoms. The molecule has 0 bridgehead atoms. The summed E-state index contributed by atoms with van der Waals surface area (Å²) < 4.78 is 0. The lowest BCUT2D eigenvalue weighted by Crippen LogP contribution is -1.82. The van der Waals surface area contributed by atoms with E-state index in [-0.39, 0.29) is 0 Å². The van der Waals surface area contributed by atoms with E-state index in [0.717, 1.165) is 16.7 Å². The first-order valence-electron chi connectivity index (χ1n) is 4.01. The van der Waals surface area contributed by atoms with Gasteiger partial charge in [-0.05, 0) is 48.7 Å². The van der Waals surface area contributed by atoms with Gasteiger partial charge >= 0.3 is 0 Å². The van der Waals surface area contributed by atoms with Crippen molar-refractivity contribution in [2.75, 3.05) is 0 Å². The Labute approximate surface area is 77.8 Å².